The number of hydrogen-bond acceptors (Lipinski definition) is 9. The maximum absolute atomic E-state index is 14.5. The van der Waals surface area contributed by atoms with Crippen molar-refractivity contribution in [2.24, 2.45) is 0 Å². The largest absolute Gasteiger partial charge is 0.394 e. The van der Waals surface area contributed by atoms with Gasteiger partial charge >= 0.3 is 0 Å². The zero-order valence-electron chi connectivity index (χ0n) is 23.7. The molecular formula is C30H33ClFN5O6. The lowest BCUT2D eigenvalue weighted by atomic mass is 9.88. The number of aliphatic hydroxyl groups is 3. The van der Waals surface area contributed by atoms with Crippen LogP contribution < -0.4 is 4.90 Å². The number of anilines is 1. The second kappa shape index (κ2) is 13.1. The Morgan fingerprint density at radius 2 is 2.02 bits per heavy atom. The molecule has 1 aliphatic heterocycles. The van der Waals surface area contributed by atoms with Crippen molar-refractivity contribution >= 4 is 23.2 Å². The van der Waals surface area contributed by atoms with Gasteiger partial charge in [-0.1, -0.05) is 41.8 Å². The molecule has 5 rings (SSSR count). The molecule has 11 nitrogen and oxygen atoms in total. The highest BCUT2D eigenvalue weighted by Crippen LogP contribution is 2.37. The Hall–Kier alpha value is -3.44. The predicted molar refractivity (Wildman–Crippen MR) is 154 cm³/mol. The molecule has 0 unspecified atom stereocenters. The van der Waals surface area contributed by atoms with Crippen molar-refractivity contribution in [2.75, 3.05) is 18.6 Å². The van der Waals surface area contributed by atoms with Crippen molar-refractivity contribution in [1.82, 2.24) is 15.0 Å². The Bertz CT molecular complexity index is 1510. The lowest BCUT2D eigenvalue weighted by Crippen LogP contribution is -2.63. The van der Waals surface area contributed by atoms with Crippen LogP contribution in [0, 0.1) is 24.1 Å². The monoisotopic (exact) mass is 613 g/mol. The minimum Gasteiger partial charge on any atom is -0.394 e. The van der Waals surface area contributed by atoms with Gasteiger partial charge in [0.15, 0.2) is 6.10 Å². The lowest BCUT2D eigenvalue weighted by Gasteiger charge is -2.46. The van der Waals surface area contributed by atoms with Crippen LogP contribution in [-0.4, -0.2) is 86.5 Å². The van der Waals surface area contributed by atoms with Crippen molar-refractivity contribution in [2.45, 2.75) is 75.2 Å². The van der Waals surface area contributed by atoms with Gasteiger partial charge in [-0.15, -0.1) is 5.10 Å². The summed E-state index contributed by atoms with van der Waals surface area (Å²) in [6.45, 7) is 1.02. The van der Waals surface area contributed by atoms with E-state index < -0.39 is 60.9 Å². The molecule has 1 saturated carbocycles. The number of methoxy groups -OCH3 is 1. The van der Waals surface area contributed by atoms with Crippen molar-refractivity contribution in [1.29, 1.82) is 5.26 Å². The molecule has 2 heterocycles. The van der Waals surface area contributed by atoms with Gasteiger partial charge in [-0.05, 0) is 49.6 Å². The van der Waals surface area contributed by atoms with E-state index in [1.165, 1.54) is 47.2 Å². The summed E-state index contributed by atoms with van der Waals surface area (Å²) in [5.74, 6) is -1.02. The van der Waals surface area contributed by atoms with E-state index in [1.54, 1.807) is 19.1 Å². The number of aromatic nitrogens is 3. The number of ether oxygens (including phenoxy) is 2. The van der Waals surface area contributed by atoms with Gasteiger partial charge in [-0.2, -0.15) is 5.26 Å². The lowest BCUT2D eigenvalue weighted by molar-refractivity contribution is -0.211. The molecule has 3 N–H and O–H groups in total. The number of rotatable bonds is 7. The van der Waals surface area contributed by atoms with E-state index in [-0.39, 0.29) is 10.6 Å². The number of carbonyl (C=O) groups is 1. The molecule has 7 atom stereocenters. The molecule has 1 aliphatic carbocycles. The standard InChI is InChI=1S/C30H33ClFN5O6/c1-16-7-8-18(11-21(16)32)22-14-36(35-34-22)26-27(40)25(15-38)43-29(28(26)42-2)30(41)37(23-5-3-4-6-24(23)39)20-10-17(13-33)9-19(31)12-20/h7-12,14,23-29,38-40H,3-6,15H2,1-2H3/t23-,24-,25+,26-,27-,28+,29+/m0/s1. The first-order chi connectivity index (χ1) is 20.7. The molecule has 0 radical (unpaired) electrons. The van der Waals surface area contributed by atoms with Gasteiger partial charge in [-0.25, -0.2) is 9.07 Å². The van der Waals surface area contributed by atoms with E-state index in [0.29, 0.717) is 35.3 Å². The maximum Gasteiger partial charge on any atom is 0.259 e. The highest BCUT2D eigenvalue weighted by molar-refractivity contribution is 6.31. The second-order valence-electron chi connectivity index (χ2n) is 10.9. The number of aryl methyl sites for hydroxylation is 1. The summed E-state index contributed by atoms with van der Waals surface area (Å²) in [6.07, 6.45) is -1.92. The number of benzene rings is 2. The number of nitrogens with zero attached hydrogens (tertiary/aromatic N) is 5. The van der Waals surface area contributed by atoms with Gasteiger partial charge in [-0.3, -0.25) is 4.79 Å². The number of hydrogen-bond donors (Lipinski definition) is 3. The molecule has 1 amide bonds. The van der Waals surface area contributed by atoms with Crippen LogP contribution in [0.5, 0.6) is 0 Å². The van der Waals surface area contributed by atoms with Gasteiger partial charge in [0.25, 0.3) is 5.91 Å². The SMILES string of the molecule is CO[C@@H]1[C@@H](n2cc(-c3ccc(C)c(F)c3)nn2)[C@@H](O)[C@@H](CO)O[C@H]1C(=O)N(c1cc(Cl)cc(C#N)c1)[C@H]1CCCC[C@@H]1O. The third-order valence-corrected chi connectivity index (χ3v) is 8.44. The van der Waals surface area contributed by atoms with Gasteiger partial charge in [0, 0.05) is 23.4 Å². The van der Waals surface area contributed by atoms with Crippen LogP contribution >= 0.6 is 11.6 Å². The van der Waals surface area contributed by atoms with E-state index in [9.17, 15) is 29.8 Å². The molecule has 43 heavy (non-hydrogen) atoms. The summed E-state index contributed by atoms with van der Waals surface area (Å²) in [5, 5.41) is 50.5. The summed E-state index contributed by atoms with van der Waals surface area (Å²) in [5.41, 5.74) is 1.78. The number of aliphatic hydroxyl groups excluding tert-OH is 3. The zero-order chi connectivity index (χ0) is 30.8. The summed E-state index contributed by atoms with van der Waals surface area (Å²) in [4.78, 5) is 15.9. The van der Waals surface area contributed by atoms with Crippen LogP contribution in [0.15, 0.2) is 42.6 Å². The Balaban J connectivity index is 1.55. The molecule has 2 fully saturated rings. The average Bonchev–Trinajstić information content (AvgIpc) is 3.48. The second-order valence-corrected chi connectivity index (χ2v) is 11.4. The first kappa shape index (κ1) is 31.0. The highest BCUT2D eigenvalue weighted by atomic mass is 35.5. The summed E-state index contributed by atoms with van der Waals surface area (Å²) >= 11 is 6.32. The van der Waals surface area contributed by atoms with Crippen molar-refractivity contribution in [3.63, 3.8) is 0 Å². The fourth-order valence-corrected chi connectivity index (χ4v) is 6.19. The van der Waals surface area contributed by atoms with Crippen LogP contribution in [-0.2, 0) is 14.3 Å². The molecule has 2 aliphatic rings. The third-order valence-electron chi connectivity index (χ3n) is 8.22. The third kappa shape index (κ3) is 6.15. The molecule has 2 aromatic carbocycles. The van der Waals surface area contributed by atoms with E-state index in [1.807, 2.05) is 6.07 Å². The molecule has 13 heteroatoms. The molecule has 1 saturated heterocycles. The summed E-state index contributed by atoms with van der Waals surface area (Å²) in [7, 11) is 1.35. The Morgan fingerprint density at radius 1 is 1.26 bits per heavy atom. The van der Waals surface area contributed by atoms with Crippen LogP contribution in [0.4, 0.5) is 10.1 Å². The molecule has 0 bridgehead atoms. The molecule has 0 spiro atoms. The Morgan fingerprint density at radius 3 is 2.70 bits per heavy atom. The molecule has 3 aromatic rings. The minimum absolute atomic E-state index is 0.225. The van der Waals surface area contributed by atoms with Crippen molar-refractivity contribution < 1.29 is 34.0 Å². The van der Waals surface area contributed by atoms with Gasteiger partial charge in [0.1, 0.15) is 35.9 Å². The smallest absolute Gasteiger partial charge is 0.259 e. The van der Waals surface area contributed by atoms with Crippen LogP contribution in [0.1, 0.15) is 42.9 Å². The maximum atomic E-state index is 14.5. The van der Waals surface area contributed by atoms with E-state index in [0.717, 1.165) is 12.8 Å². The number of nitriles is 1. The topological polar surface area (TPSA) is 154 Å². The summed E-state index contributed by atoms with van der Waals surface area (Å²) in [6, 6.07) is 9.49. The van der Waals surface area contributed by atoms with Gasteiger partial charge < -0.3 is 29.7 Å². The normalized spacial score (nSPS) is 27.4. The molecule has 228 valence electrons. The first-order valence-corrected chi connectivity index (χ1v) is 14.4. The minimum atomic E-state index is -1.38. The van der Waals surface area contributed by atoms with Crippen LogP contribution in [0.3, 0.4) is 0 Å². The van der Waals surface area contributed by atoms with Crippen molar-refractivity contribution in [3.05, 3.63) is 64.6 Å². The average molecular weight is 614 g/mol. The van der Waals surface area contributed by atoms with E-state index >= 15 is 0 Å². The number of carbonyl (C=O) groups excluding carboxylic acids is 1. The van der Waals surface area contributed by atoms with Gasteiger partial charge in [0.05, 0.1) is 36.6 Å². The van der Waals surface area contributed by atoms with Crippen LogP contribution in [0.2, 0.25) is 5.02 Å². The summed E-state index contributed by atoms with van der Waals surface area (Å²) < 4.78 is 27.4. The van der Waals surface area contributed by atoms with Gasteiger partial charge in [0.2, 0.25) is 0 Å². The van der Waals surface area contributed by atoms with E-state index in [2.05, 4.69) is 10.3 Å². The predicted octanol–water partition coefficient (Wildman–Crippen LogP) is 2.93. The zero-order valence-corrected chi connectivity index (χ0v) is 24.4. The Labute approximate surface area is 253 Å². The fourth-order valence-electron chi connectivity index (χ4n) is 5.96. The number of amides is 1. The molecule has 1 aromatic heterocycles. The van der Waals surface area contributed by atoms with E-state index in [4.69, 9.17) is 21.1 Å². The quantitative estimate of drug-likeness (QED) is 0.365. The first-order valence-electron chi connectivity index (χ1n) is 14.0. The number of halogens is 2. The van der Waals surface area contributed by atoms with Crippen LogP contribution in [0.25, 0.3) is 11.3 Å². The highest BCUT2D eigenvalue weighted by Gasteiger charge is 2.52. The van der Waals surface area contributed by atoms with Crippen molar-refractivity contribution in [3.8, 4) is 17.3 Å². The fraction of sp³-hybridized carbons (Fsp3) is 0.467. The molecular weight excluding hydrogens is 581 g/mol. The Kier molecular flexibility index (Phi) is 9.41.